The first-order chi connectivity index (χ1) is 28.7. The van der Waals surface area contributed by atoms with E-state index >= 15 is 0 Å². The fourth-order valence-electron chi connectivity index (χ4n) is 8.75. The molecule has 12 rings (SSSR count). The van der Waals surface area contributed by atoms with Gasteiger partial charge in [-0.25, -0.2) is 15.0 Å². The molecule has 4 nitrogen and oxygen atoms in total. The van der Waals surface area contributed by atoms with E-state index in [-0.39, 0.29) is 0 Å². The summed E-state index contributed by atoms with van der Waals surface area (Å²) in [6.45, 7) is 0. The molecule has 0 bridgehead atoms. The van der Waals surface area contributed by atoms with Crippen LogP contribution in [0.5, 0.6) is 0 Å². The second kappa shape index (κ2) is 13.1. The van der Waals surface area contributed by atoms with Crippen LogP contribution in [0.2, 0.25) is 0 Å². The maximum atomic E-state index is 5.03. The maximum Gasteiger partial charge on any atom is 0.164 e. The van der Waals surface area contributed by atoms with E-state index in [4.69, 9.17) is 15.0 Å². The summed E-state index contributed by atoms with van der Waals surface area (Å²) < 4.78 is 5.08. The van der Waals surface area contributed by atoms with Gasteiger partial charge in [0.05, 0.1) is 11.0 Å². The van der Waals surface area contributed by atoms with E-state index in [1.807, 2.05) is 72.0 Å². The average molecular weight is 757 g/mol. The average Bonchev–Trinajstić information content (AvgIpc) is 3.84. The number of nitrogens with zero attached hydrogens (tertiary/aromatic N) is 4. The van der Waals surface area contributed by atoms with Crippen LogP contribution in [0.25, 0.3) is 115 Å². The van der Waals surface area contributed by atoms with Crippen molar-refractivity contribution < 1.29 is 0 Å². The molecule has 12 aromatic rings. The van der Waals surface area contributed by atoms with Crippen molar-refractivity contribution in [2.75, 3.05) is 0 Å². The lowest BCUT2D eigenvalue weighted by Crippen LogP contribution is -2.00. The summed E-state index contributed by atoms with van der Waals surface area (Å²) in [4.78, 5) is 15.0. The minimum Gasteiger partial charge on any atom is -0.309 e. The van der Waals surface area contributed by atoms with E-state index in [2.05, 4.69) is 138 Å². The Balaban J connectivity index is 1.12. The molecule has 58 heavy (non-hydrogen) atoms. The molecule has 9 aromatic carbocycles. The molecule has 0 saturated heterocycles. The zero-order valence-corrected chi connectivity index (χ0v) is 32.0. The summed E-state index contributed by atoms with van der Waals surface area (Å²) in [5.74, 6) is 1.93. The predicted molar refractivity (Wildman–Crippen MR) is 244 cm³/mol. The summed E-state index contributed by atoms with van der Waals surface area (Å²) in [5, 5.41) is 10.00. The maximum absolute atomic E-state index is 5.03. The summed E-state index contributed by atoms with van der Waals surface area (Å²) in [7, 11) is 0. The SMILES string of the molecule is c1ccc(-c2nc(-c3ccccc3)nc(-c3ccc(-n4c5ccc6ccccc6c5c5cc6ccccc6c(-c6ccc7sc8ccccc8c7c6)c54)cc3)n2)cc1. The number of fused-ring (bicyclic) bond motifs is 9. The Morgan fingerprint density at radius 3 is 1.62 bits per heavy atom. The number of rotatable bonds is 5. The van der Waals surface area contributed by atoms with E-state index in [1.165, 1.54) is 69.1 Å². The number of thiophene rings is 1. The van der Waals surface area contributed by atoms with Crippen molar-refractivity contribution >= 4 is 74.9 Å². The van der Waals surface area contributed by atoms with Crippen LogP contribution in [0.4, 0.5) is 0 Å². The molecule has 0 aliphatic rings. The van der Waals surface area contributed by atoms with Gasteiger partial charge in [0.25, 0.3) is 0 Å². The summed E-state index contributed by atoms with van der Waals surface area (Å²) >= 11 is 1.86. The molecule has 5 heteroatoms. The Kier molecular flexibility index (Phi) is 7.37. The van der Waals surface area contributed by atoms with Crippen LogP contribution >= 0.6 is 11.3 Å². The first-order valence-electron chi connectivity index (χ1n) is 19.5. The van der Waals surface area contributed by atoms with Gasteiger partial charge in [0.15, 0.2) is 17.5 Å². The molecule has 0 amide bonds. The number of hydrogen-bond donors (Lipinski definition) is 0. The van der Waals surface area contributed by atoms with Gasteiger partial charge in [0.1, 0.15) is 0 Å². The zero-order chi connectivity index (χ0) is 38.2. The fraction of sp³-hybridized carbons (Fsp3) is 0. The molecule has 0 aliphatic carbocycles. The molecular formula is C53H32N4S. The van der Waals surface area contributed by atoms with Crippen molar-refractivity contribution in [2.45, 2.75) is 0 Å². The van der Waals surface area contributed by atoms with E-state index in [9.17, 15) is 0 Å². The first kappa shape index (κ1) is 32.7. The number of hydrogen-bond acceptors (Lipinski definition) is 4. The molecule has 0 aliphatic heterocycles. The molecule has 3 heterocycles. The standard InChI is InChI=1S/C53H32N4S/c1-3-14-34(15-4-1)51-54-52(35-16-5-2-6-17-35)56-53(55-51)36-23-27-39(28-24-36)57-45-29-25-33-13-7-9-19-40(33)49(45)44-31-37-18-8-10-20-41(37)48(50(44)57)38-26-30-47-43(32-38)42-21-11-12-22-46(42)58-47/h1-32H. The van der Waals surface area contributed by atoms with Gasteiger partial charge in [-0.3, -0.25) is 0 Å². The second-order valence-electron chi connectivity index (χ2n) is 14.8. The second-order valence-corrected chi connectivity index (χ2v) is 15.9. The highest BCUT2D eigenvalue weighted by atomic mass is 32.1. The molecule has 0 atom stereocenters. The van der Waals surface area contributed by atoms with Crippen molar-refractivity contribution in [2.24, 2.45) is 0 Å². The van der Waals surface area contributed by atoms with Gasteiger partial charge in [0, 0.05) is 58.9 Å². The highest BCUT2D eigenvalue weighted by molar-refractivity contribution is 7.25. The van der Waals surface area contributed by atoms with Gasteiger partial charge in [0.2, 0.25) is 0 Å². The molecular weight excluding hydrogens is 725 g/mol. The molecule has 0 saturated carbocycles. The van der Waals surface area contributed by atoms with Crippen molar-refractivity contribution in [3.63, 3.8) is 0 Å². The third kappa shape index (κ3) is 5.18. The van der Waals surface area contributed by atoms with Crippen molar-refractivity contribution in [1.82, 2.24) is 19.5 Å². The Hall–Kier alpha value is -7.47. The molecule has 0 radical (unpaired) electrons. The smallest absolute Gasteiger partial charge is 0.164 e. The van der Waals surface area contributed by atoms with Crippen LogP contribution < -0.4 is 0 Å². The normalized spacial score (nSPS) is 11.8. The Bertz CT molecular complexity index is 3490. The van der Waals surface area contributed by atoms with Crippen LogP contribution in [0.3, 0.4) is 0 Å². The molecule has 0 spiro atoms. The molecule has 3 aromatic heterocycles. The van der Waals surface area contributed by atoms with Crippen LogP contribution in [0.15, 0.2) is 194 Å². The van der Waals surface area contributed by atoms with E-state index in [0.29, 0.717) is 17.5 Å². The Morgan fingerprint density at radius 1 is 0.362 bits per heavy atom. The largest absolute Gasteiger partial charge is 0.309 e. The zero-order valence-electron chi connectivity index (χ0n) is 31.2. The van der Waals surface area contributed by atoms with E-state index < -0.39 is 0 Å². The lowest BCUT2D eigenvalue weighted by Gasteiger charge is -2.15. The third-order valence-corrected chi connectivity index (χ3v) is 12.6. The van der Waals surface area contributed by atoms with Crippen LogP contribution in [0, 0.1) is 0 Å². The fourth-order valence-corrected chi connectivity index (χ4v) is 9.84. The van der Waals surface area contributed by atoms with Gasteiger partial charge < -0.3 is 4.57 Å². The van der Waals surface area contributed by atoms with Gasteiger partial charge >= 0.3 is 0 Å². The lowest BCUT2D eigenvalue weighted by atomic mass is 9.93. The van der Waals surface area contributed by atoms with Crippen LogP contribution in [-0.2, 0) is 0 Å². The highest BCUT2D eigenvalue weighted by Crippen LogP contribution is 2.46. The predicted octanol–water partition coefficient (Wildman–Crippen LogP) is 14.3. The van der Waals surface area contributed by atoms with Gasteiger partial charge in [-0.2, -0.15) is 0 Å². The minimum absolute atomic E-state index is 0.635. The Labute approximate surface area is 338 Å². The Morgan fingerprint density at radius 2 is 0.914 bits per heavy atom. The summed E-state index contributed by atoms with van der Waals surface area (Å²) in [5.41, 5.74) is 8.68. The quantitative estimate of drug-likeness (QED) is 0.176. The van der Waals surface area contributed by atoms with Crippen molar-refractivity contribution in [1.29, 1.82) is 0 Å². The lowest BCUT2D eigenvalue weighted by molar-refractivity contribution is 1.07. The summed E-state index contributed by atoms with van der Waals surface area (Å²) in [6.07, 6.45) is 0. The summed E-state index contributed by atoms with van der Waals surface area (Å²) in [6, 6.07) is 69.3. The molecule has 270 valence electrons. The molecule has 0 fully saturated rings. The first-order valence-corrected chi connectivity index (χ1v) is 20.3. The molecule has 0 unspecified atom stereocenters. The topological polar surface area (TPSA) is 43.6 Å². The number of aromatic nitrogens is 4. The third-order valence-electron chi connectivity index (χ3n) is 11.4. The monoisotopic (exact) mass is 756 g/mol. The van der Waals surface area contributed by atoms with Crippen LogP contribution in [-0.4, -0.2) is 19.5 Å². The van der Waals surface area contributed by atoms with Gasteiger partial charge in [-0.15, -0.1) is 11.3 Å². The van der Waals surface area contributed by atoms with Crippen molar-refractivity contribution in [3.8, 4) is 51.0 Å². The van der Waals surface area contributed by atoms with Crippen molar-refractivity contribution in [3.05, 3.63) is 194 Å². The highest BCUT2D eigenvalue weighted by Gasteiger charge is 2.22. The van der Waals surface area contributed by atoms with Gasteiger partial charge in [-0.05, 0) is 81.7 Å². The van der Waals surface area contributed by atoms with Crippen LogP contribution in [0.1, 0.15) is 0 Å². The van der Waals surface area contributed by atoms with E-state index in [0.717, 1.165) is 27.9 Å². The minimum atomic E-state index is 0.635. The number of benzene rings is 9. The molecule has 0 N–H and O–H groups in total. The van der Waals surface area contributed by atoms with Gasteiger partial charge in [-0.1, -0.05) is 140 Å². The van der Waals surface area contributed by atoms with E-state index in [1.54, 1.807) is 0 Å².